The van der Waals surface area contributed by atoms with Crippen LogP contribution in [0.25, 0.3) is 10.9 Å². The molecule has 2 aromatic carbocycles. The molecule has 1 amide bonds. The van der Waals surface area contributed by atoms with Gasteiger partial charge in [-0.1, -0.05) is 12.1 Å². The normalized spacial score (nSPS) is 11.6. The monoisotopic (exact) mass is 393 g/mol. The Morgan fingerprint density at radius 3 is 2.76 bits per heavy atom. The average molecular weight is 393 g/mol. The molecule has 0 fully saturated rings. The van der Waals surface area contributed by atoms with Gasteiger partial charge in [0.05, 0.1) is 5.69 Å². The summed E-state index contributed by atoms with van der Waals surface area (Å²) in [5, 5.41) is 21.4. The zero-order valence-corrected chi connectivity index (χ0v) is 15.3. The number of nitrogens with zero attached hydrogens (tertiary/aromatic N) is 1. The number of amides is 1. The zero-order chi connectivity index (χ0) is 21.0. The fourth-order valence-corrected chi connectivity index (χ4v) is 2.78. The lowest BCUT2D eigenvalue weighted by Crippen LogP contribution is -2.31. The van der Waals surface area contributed by atoms with Crippen molar-refractivity contribution in [2.45, 2.75) is 18.9 Å². The number of aromatic amines is 1. The number of hydrogen-bond donors (Lipinski definition) is 5. The summed E-state index contributed by atoms with van der Waals surface area (Å²) in [5.74, 6) is -0.392. The van der Waals surface area contributed by atoms with Crippen LogP contribution >= 0.6 is 0 Å². The van der Waals surface area contributed by atoms with E-state index in [-0.39, 0.29) is 24.6 Å². The summed E-state index contributed by atoms with van der Waals surface area (Å²) in [5.41, 5.74) is 12.7. The van der Waals surface area contributed by atoms with E-state index in [0.717, 1.165) is 0 Å². The SMILES string of the molecule is N#Cc1c(N)[nH]c2ccc(Oc3ccccc3NC(=O)CC[C@H](N)C(=O)O)cc12. The Labute approximate surface area is 165 Å². The van der Waals surface area contributed by atoms with Crippen LogP contribution in [0.5, 0.6) is 11.5 Å². The number of ether oxygens (including phenoxy) is 1. The van der Waals surface area contributed by atoms with Crippen LogP contribution in [0.4, 0.5) is 11.5 Å². The van der Waals surface area contributed by atoms with Crippen molar-refractivity contribution in [2.24, 2.45) is 5.73 Å². The van der Waals surface area contributed by atoms with E-state index in [1.807, 2.05) is 0 Å². The molecule has 0 aliphatic heterocycles. The Morgan fingerprint density at radius 1 is 1.28 bits per heavy atom. The first-order valence-corrected chi connectivity index (χ1v) is 8.75. The molecule has 0 saturated heterocycles. The number of anilines is 2. The van der Waals surface area contributed by atoms with E-state index in [4.69, 9.17) is 21.3 Å². The lowest BCUT2D eigenvalue weighted by Gasteiger charge is -2.13. The van der Waals surface area contributed by atoms with Gasteiger partial charge in [0.25, 0.3) is 0 Å². The third kappa shape index (κ3) is 4.45. The lowest BCUT2D eigenvalue weighted by atomic mass is 10.1. The fraction of sp³-hybridized carbons (Fsp3) is 0.150. The Bertz CT molecular complexity index is 1120. The van der Waals surface area contributed by atoms with Gasteiger partial charge in [0.15, 0.2) is 5.75 Å². The number of aliphatic carboxylic acids is 1. The average Bonchev–Trinajstić information content (AvgIpc) is 3.01. The van der Waals surface area contributed by atoms with E-state index in [9.17, 15) is 14.9 Å². The minimum Gasteiger partial charge on any atom is -0.480 e. The smallest absolute Gasteiger partial charge is 0.320 e. The van der Waals surface area contributed by atoms with Gasteiger partial charge in [-0.05, 0) is 36.8 Å². The number of nitrogen functional groups attached to an aromatic ring is 1. The predicted octanol–water partition coefficient (Wildman–Crippen LogP) is 2.54. The zero-order valence-electron chi connectivity index (χ0n) is 15.3. The van der Waals surface area contributed by atoms with Crippen molar-refractivity contribution in [1.82, 2.24) is 4.98 Å². The minimum absolute atomic E-state index is 0.0205. The van der Waals surface area contributed by atoms with Crippen LogP contribution in [0.1, 0.15) is 18.4 Å². The summed E-state index contributed by atoms with van der Waals surface area (Å²) >= 11 is 0. The summed E-state index contributed by atoms with van der Waals surface area (Å²) in [6.45, 7) is 0. The number of fused-ring (bicyclic) bond motifs is 1. The molecule has 0 aliphatic rings. The Balaban J connectivity index is 1.77. The quantitative estimate of drug-likeness (QED) is 0.411. The Hall–Kier alpha value is -4.03. The van der Waals surface area contributed by atoms with Gasteiger partial charge in [0, 0.05) is 17.3 Å². The van der Waals surface area contributed by atoms with Gasteiger partial charge in [-0.25, -0.2) is 0 Å². The van der Waals surface area contributed by atoms with Crippen LogP contribution in [-0.4, -0.2) is 28.0 Å². The molecule has 3 aromatic rings. The number of para-hydroxylation sites is 2. The number of carboxylic acid groups (broad SMARTS) is 1. The van der Waals surface area contributed by atoms with E-state index < -0.39 is 12.0 Å². The minimum atomic E-state index is -1.15. The Kier molecular flexibility index (Phi) is 5.66. The van der Waals surface area contributed by atoms with E-state index in [0.29, 0.717) is 33.7 Å². The maximum Gasteiger partial charge on any atom is 0.320 e. The topological polar surface area (TPSA) is 167 Å². The second kappa shape index (κ2) is 8.33. The van der Waals surface area contributed by atoms with Crippen LogP contribution in [0.3, 0.4) is 0 Å². The van der Waals surface area contributed by atoms with Crippen molar-refractivity contribution in [1.29, 1.82) is 5.26 Å². The lowest BCUT2D eigenvalue weighted by molar-refractivity contribution is -0.138. The molecule has 0 aliphatic carbocycles. The highest BCUT2D eigenvalue weighted by Gasteiger charge is 2.15. The van der Waals surface area contributed by atoms with Crippen LogP contribution in [-0.2, 0) is 9.59 Å². The highest BCUT2D eigenvalue weighted by atomic mass is 16.5. The largest absolute Gasteiger partial charge is 0.480 e. The number of carboxylic acids is 1. The molecule has 7 N–H and O–H groups in total. The molecule has 9 nitrogen and oxygen atoms in total. The highest BCUT2D eigenvalue weighted by molar-refractivity contribution is 5.93. The van der Waals surface area contributed by atoms with Crippen molar-refractivity contribution >= 4 is 34.3 Å². The summed E-state index contributed by atoms with van der Waals surface area (Å²) < 4.78 is 5.89. The number of nitriles is 1. The first-order valence-electron chi connectivity index (χ1n) is 8.75. The number of nitrogens with two attached hydrogens (primary N) is 2. The van der Waals surface area contributed by atoms with Crippen LogP contribution in [0.15, 0.2) is 42.5 Å². The number of carbonyl (C=O) groups is 2. The van der Waals surface area contributed by atoms with Gasteiger partial charge in [-0.3, -0.25) is 9.59 Å². The van der Waals surface area contributed by atoms with Gasteiger partial charge in [0.1, 0.15) is 29.2 Å². The maximum atomic E-state index is 12.1. The first-order chi connectivity index (χ1) is 13.9. The molecule has 0 radical (unpaired) electrons. The van der Waals surface area contributed by atoms with Crippen LogP contribution < -0.4 is 21.5 Å². The van der Waals surface area contributed by atoms with Crippen molar-refractivity contribution in [3.05, 3.63) is 48.0 Å². The second-order valence-electron chi connectivity index (χ2n) is 6.36. The third-order valence-electron chi connectivity index (χ3n) is 4.30. The van der Waals surface area contributed by atoms with Crippen molar-refractivity contribution in [2.75, 3.05) is 11.1 Å². The van der Waals surface area contributed by atoms with Crippen molar-refractivity contribution in [3.63, 3.8) is 0 Å². The predicted molar refractivity (Wildman–Crippen MR) is 107 cm³/mol. The maximum absolute atomic E-state index is 12.1. The van der Waals surface area contributed by atoms with E-state index in [1.165, 1.54) is 0 Å². The summed E-state index contributed by atoms with van der Waals surface area (Å²) in [6.07, 6.45) is -0.0192. The van der Waals surface area contributed by atoms with Crippen molar-refractivity contribution < 1.29 is 19.4 Å². The van der Waals surface area contributed by atoms with E-state index >= 15 is 0 Å². The molecule has 1 heterocycles. The molecule has 0 spiro atoms. The molecule has 0 bridgehead atoms. The molecule has 9 heteroatoms. The van der Waals surface area contributed by atoms with Gasteiger partial charge >= 0.3 is 5.97 Å². The molecule has 29 heavy (non-hydrogen) atoms. The van der Waals surface area contributed by atoms with Crippen LogP contribution in [0.2, 0.25) is 0 Å². The number of aromatic nitrogens is 1. The molecule has 3 rings (SSSR count). The number of H-pyrrole nitrogens is 1. The summed E-state index contributed by atoms with van der Waals surface area (Å²) in [7, 11) is 0. The summed E-state index contributed by atoms with van der Waals surface area (Å²) in [6, 6.07) is 12.9. The molecule has 1 aromatic heterocycles. The molecular weight excluding hydrogens is 374 g/mol. The van der Waals surface area contributed by atoms with Gasteiger partial charge in [-0.2, -0.15) is 5.26 Å². The number of nitrogens with one attached hydrogen (secondary N) is 2. The highest BCUT2D eigenvalue weighted by Crippen LogP contribution is 2.33. The van der Waals surface area contributed by atoms with Crippen LogP contribution in [0, 0.1) is 11.3 Å². The van der Waals surface area contributed by atoms with E-state index in [2.05, 4.69) is 16.4 Å². The first kappa shape index (κ1) is 19.7. The number of rotatable bonds is 7. The third-order valence-corrected chi connectivity index (χ3v) is 4.30. The molecule has 1 atom stereocenters. The molecule has 148 valence electrons. The van der Waals surface area contributed by atoms with Gasteiger partial charge in [0.2, 0.25) is 5.91 Å². The summed E-state index contributed by atoms with van der Waals surface area (Å²) in [4.78, 5) is 25.8. The van der Waals surface area contributed by atoms with Gasteiger partial charge < -0.3 is 31.6 Å². The number of hydrogen-bond acceptors (Lipinski definition) is 6. The molecule has 0 saturated carbocycles. The Morgan fingerprint density at radius 2 is 2.03 bits per heavy atom. The number of benzene rings is 2. The van der Waals surface area contributed by atoms with E-state index in [1.54, 1.807) is 42.5 Å². The molecule has 0 unspecified atom stereocenters. The molecular formula is C20H19N5O4. The standard InChI is InChI=1S/C20H19N5O4/c21-10-13-12-9-11(5-7-15(12)25-19(13)23)29-17-4-2-1-3-16(17)24-18(26)8-6-14(22)20(27)28/h1-5,7,9,14,25H,6,8,22-23H2,(H,24,26)(H,27,28)/t14-/m0/s1. The fourth-order valence-electron chi connectivity index (χ4n) is 2.78. The van der Waals surface area contributed by atoms with Gasteiger partial charge in [-0.15, -0.1) is 0 Å². The second-order valence-corrected chi connectivity index (χ2v) is 6.36. The van der Waals surface area contributed by atoms with Crippen molar-refractivity contribution in [3.8, 4) is 17.6 Å². The number of carbonyl (C=O) groups excluding carboxylic acids is 1.